The Morgan fingerprint density at radius 1 is 1.29 bits per heavy atom. The SMILES string of the molecule is CC(C)(C)OC(=O)NCCCNc1cccc2c1N=[Se]=N2. The number of carbonyl (C=O) groups excluding carboxylic acids is 1. The maximum atomic E-state index is 11.5. The molecule has 1 amide bonds. The molecule has 1 aliphatic rings. The van der Waals surface area contributed by atoms with E-state index in [1.54, 1.807) is 0 Å². The monoisotopic (exact) mass is 356 g/mol. The Morgan fingerprint density at radius 3 is 2.86 bits per heavy atom. The van der Waals surface area contributed by atoms with E-state index in [-0.39, 0.29) is 20.7 Å². The Bertz CT molecular complexity index is 589. The summed E-state index contributed by atoms with van der Waals surface area (Å²) in [5.74, 6) is 0. The van der Waals surface area contributed by atoms with Gasteiger partial charge in [-0.25, -0.2) is 0 Å². The second-order valence-electron chi connectivity index (χ2n) is 5.65. The van der Waals surface area contributed by atoms with Gasteiger partial charge in [-0.2, -0.15) is 0 Å². The van der Waals surface area contributed by atoms with E-state index in [1.165, 1.54) is 0 Å². The molecular weight excluding hydrogens is 335 g/mol. The number of anilines is 1. The zero-order chi connectivity index (χ0) is 15.3. The fraction of sp³-hybridized carbons (Fsp3) is 0.500. The summed E-state index contributed by atoms with van der Waals surface area (Å²) in [6.45, 7) is 6.87. The normalized spacial score (nSPS) is 12.5. The molecule has 0 atom stereocenters. The van der Waals surface area contributed by atoms with E-state index >= 15 is 0 Å². The molecule has 0 aliphatic carbocycles. The second-order valence-corrected chi connectivity index (χ2v) is 6.76. The molecule has 0 spiro atoms. The summed E-state index contributed by atoms with van der Waals surface area (Å²) < 4.78 is 13.9. The summed E-state index contributed by atoms with van der Waals surface area (Å²) in [5, 5.41) is 6.07. The van der Waals surface area contributed by atoms with Crippen LogP contribution in [-0.4, -0.2) is 39.4 Å². The molecule has 1 aromatic rings. The van der Waals surface area contributed by atoms with E-state index in [9.17, 15) is 4.79 Å². The van der Waals surface area contributed by atoms with Gasteiger partial charge in [0.2, 0.25) is 0 Å². The van der Waals surface area contributed by atoms with Gasteiger partial charge in [0.25, 0.3) is 0 Å². The summed E-state index contributed by atoms with van der Waals surface area (Å²) in [7, 11) is 0. The molecule has 1 aliphatic heterocycles. The Balaban J connectivity index is 1.68. The van der Waals surface area contributed by atoms with Gasteiger partial charge in [-0.15, -0.1) is 0 Å². The number of ether oxygens (including phenoxy) is 1. The Labute approximate surface area is 130 Å². The number of nitrogens with zero attached hydrogens (tertiary/aromatic N) is 2. The van der Waals surface area contributed by atoms with Crippen molar-refractivity contribution in [2.24, 2.45) is 7.92 Å². The zero-order valence-electron chi connectivity index (χ0n) is 12.5. The molecular formula is C14H20N4O2Se. The van der Waals surface area contributed by atoms with E-state index in [0.717, 1.165) is 30.0 Å². The Kier molecular flexibility index (Phi) is 5.20. The molecule has 114 valence electrons. The van der Waals surface area contributed by atoms with Crippen molar-refractivity contribution in [3.8, 4) is 0 Å². The van der Waals surface area contributed by atoms with Crippen LogP contribution in [0, 0.1) is 0 Å². The molecule has 21 heavy (non-hydrogen) atoms. The number of nitrogens with one attached hydrogen (secondary N) is 2. The van der Waals surface area contributed by atoms with Crippen molar-refractivity contribution in [2.45, 2.75) is 32.8 Å². The van der Waals surface area contributed by atoms with Crippen molar-refractivity contribution < 1.29 is 9.53 Å². The third-order valence-corrected chi connectivity index (χ3v) is 3.76. The maximum absolute atomic E-state index is 11.5. The number of amides is 1. The third kappa shape index (κ3) is 5.02. The molecule has 6 nitrogen and oxygen atoms in total. The van der Waals surface area contributed by atoms with Crippen molar-refractivity contribution in [3.63, 3.8) is 0 Å². The number of alkyl carbamates (subject to hydrolysis) is 1. The molecule has 1 aromatic carbocycles. The van der Waals surface area contributed by atoms with Crippen LogP contribution < -0.4 is 10.6 Å². The molecule has 0 radical (unpaired) electrons. The number of fused-ring (bicyclic) bond motifs is 1. The minimum absolute atomic E-state index is 0.0155. The Hall–Kier alpha value is -1.59. The number of hydrogen-bond acceptors (Lipinski definition) is 5. The van der Waals surface area contributed by atoms with Crippen LogP contribution in [0.1, 0.15) is 27.2 Å². The zero-order valence-corrected chi connectivity index (χ0v) is 14.2. The van der Waals surface area contributed by atoms with Crippen LogP contribution in [0.15, 0.2) is 26.1 Å². The quantitative estimate of drug-likeness (QED) is 0.638. The van der Waals surface area contributed by atoms with Crippen LogP contribution in [0.4, 0.5) is 21.9 Å². The van der Waals surface area contributed by atoms with Gasteiger partial charge in [0.15, 0.2) is 0 Å². The molecule has 0 aromatic heterocycles. The van der Waals surface area contributed by atoms with Crippen LogP contribution in [0.2, 0.25) is 0 Å². The molecule has 0 fully saturated rings. The van der Waals surface area contributed by atoms with Gasteiger partial charge in [-0.1, -0.05) is 0 Å². The van der Waals surface area contributed by atoms with Crippen molar-refractivity contribution in [1.29, 1.82) is 0 Å². The first-order valence-electron chi connectivity index (χ1n) is 6.88. The first kappa shape index (κ1) is 15.8. The van der Waals surface area contributed by atoms with Crippen molar-refractivity contribution >= 4 is 37.7 Å². The van der Waals surface area contributed by atoms with Crippen LogP contribution in [0.3, 0.4) is 0 Å². The topological polar surface area (TPSA) is 75.1 Å². The molecule has 0 saturated heterocycles. The summed E-state index contributed by atoms with van der Waals surface area (Å²) in [4.78, 5) is 11.5. The van der Waals surface area contributed by atoms with E-state index in [4.69, 9.17) is 4.74 Å². The van der Waals surface area contributed by atoms with Gasteiger partial charge < -0.3 is 0 Å². The summed E-state index contributed by atoms with van der Waals surface area (Å²) >= 11 is -0.0155. The van der Waals surface area contributed by atoms with E-state index in [0.29, 0.717) is 6.54 Å². The molecule has 2 N–H and O–H groups in total. The van der Waals surface area contributed by atoms with Crippen LogP contribution >= 0.6 is 0 Å². The van der Waals surface area contributed by atoms with Gasteiger partial charge in [0.05, 0.1) is 0 Å². The predicted octanol–water partition coefficient (Wildman–Crippen LogP) is 3.36. The van der Waals surface area contributed by atoms with Crippen LogP contribution in [0.25, 0.3) is 0 Å². The van der Waals surface area contributed by atoms with Crippen molar-refractivity contribution in [2.75, 3.05) is 18.4 Å². The van der Waals surface area contributed by atoms with Crippen LogP contribution in [0.5, 0.6) is 0 Å². The number of carbonyl (C=O) groups is 1. The molecule has 2 rings (SSSR count). The Morgan fingerprint density at radius 2 is 2.10 bits per heavy atom. The van der Waals surface area contributed by atoms with Gasteiger partial charge in [0, 0.05) is 0 Å². The number of hydrogen-bond donors (Lipinski definition) is 2. The average Bonchev–Trinajstić information content (AvgIpc) is 2.85. The number of rotatable bonds is 5. The van der Waals surface area contributed by atoms with E-state index < -0.39 is 5.60 Å². The van der Waals surface area contributed by atoms with E-state index in [2.05, 4.69) is 18.6 Å². The predicted molar refractivity (Wildman–Crippen MR) is 83.7 cm³/mol. The third-order valence-electron chi connectivity index (χ3n) is 2.62. The van der Waals surface area contributed by atoms with Crippen molar-refractivity contribution in [1.82, 2.24) is 5.32 Å². The first-order chi connectivity index (χ1) is 9.96. The fourth-order valence-corrected chi connectivity index (χ4v) is 2.92. The van der Waals surface area contributed by atoms with Gasteiger partial charge >= 0.3 is 130 Å². The van der Waals surface area contributed by atoms with Crippen molar-refractivity contribution in [3.05, 3.63) is 18.2 Å². The minimum atomic E-state index is -0.459. The number of benzene rings is 1. The molecule has 1 heterocycles. The summed E-state index contributed by atoms with van der Waals surface area (Å²) in [6.07, 6.45) is 0.435. The molecule has 0 bridgehead atoms. The first-order valence-corrected chi connectivity index (χ1v) is 8.41. The molecule has 0 unspecified atom stereocenters. The van der Waals surface area contributed by atoms with E-state index in [1.807, 2.05) is 39.0 Å². The summed E-state index contributed by atoms with van der Waals surface area (Å²) in [6, 6.07) is 5.95. The molecule has 7 heteroatoms. The fourth-order valence-electron chi connectivity index (χ4n) is 1.76. The van der Waals surface area contributed by atoms with Gasteiger partial charge in [0.1, 0.15) is 0 Å². The standard InChI is InChI=1S/C14H20N4O2Se/c1-14(2,3)20-13(19)16-9-5-8-15-10-6-4-7-11-12(10)18-21-17-11/h4,6-7,15H,5,8-9H2,1-3H3,(H,16,19). The molecule has 0 saturated carbocycles. The van der Waals surface area contributed by atoms with Crippen LogP contribution in [-0.2, 0) is 4.74 Å². The summed E-state index contributed by atoms with van der Waals surface area (Å²) in [5.41, 5.74) is 2.47. The average molecular weight is 355 g/mol. The second kappa shape index (κ2) is 6.91. The van der Waals surface area contributed by atoms with Gasteiger partial charge in [-0.3, -0.25) is 0 Å². The van der Waals surface area contributed by atoms with Gasteiger partial charge in [-0.05, 0) is 0 Å².